The van der Waals surface area contributed by atoms with Crippen LogP contribution in [0.15, 0.2) is 12.1 Å². The van der Waals surface area contributed by atoms with Crippen molar-refractivity contribution < 1.29 is 8.78 Å². The lowest BCUT2D eigenvalue weighted by molar-refractivity contribution is 0.108. The van der Waals surface area contributed by atoms with E-state index in [1.54, 1.807) is 12.1 Å². The lowest BCUT2D eigenvalue weighted by Crippen LogP contribution is -2.31. The Balaban J connectivity index is 1.15. The molecule has 1 aromatic rings. The van der Waals surface area contributed by atoms with Crippen LogP contribution in [0.25, 0.3) is 0 Å². The van der Waals surface area contributed by atoms with Gasteiger partial charge in [-0.1, -0.05) is 104 Å². The Morgan fingerprint density at radius 3 is 1.89 bits per heavy atom. The fourth-order valence-corrected chi connectivity index (χ4v) is 8.22. The van der Waals surface area contributed by atoms with E-state index in [0.717, 1.165) is 54.4 Å². The van der Waals surface area contributed by atoms with E-state index in [-0.39, 0.29) is 17.2 Å². The summed E-state index contributed by atoms with van der Waals surface area (Å²) in [5.41, 5.74) is 1.20. The number of unbranched alkanes of at least 4 members (excludes halogenated alkanes) is 4. The Kier molecular flexibility index (Phi) is 11.2. The summed E-state index contributed by atoms with van der Waals surface area (Å²) >= 11 is 0. The fourth-order valence-electron chi connectivity index (χ4n) is 8.22. The van der Waals surface area contributed by atoms with Crippen LogP contribution in [0.2, 0.25) is 0 Å². The molecule has 204 valence electrons. The molecule has 0 aliphatic heterocycles. The van der Waals surface area contributed by atoms with Gasteiger partial charge in [-0.25, -0.2) is 8.78 Å². The van der Waals surface area contributed by atoms with E-state index < -0.39 is 0 Å². The van der Waals surface area contributed by atoms with Gasteiger partial charge >= 0.3 is 0 Å². The zero-order valence-electron chi connectivity index (χ0n) is 23.5. The molecule has 4 unspecified atom stereocenters. The predicted molar refractivity (Wildman–Crippen MR) is 149 cm³/mol. The standard InChI is InChI=1S/C34H54F2/c1-3-5-6-7-8-10-25-11-13-26(14-12-25)15-16-27-17-18-29-22-30(20-19-28(29)21-27)31-23-33(35)32(9-4-2)34(36)24-31/h23-30H,3-22H2,1-2H3. The van der Waals surface area contributed by atoms with Crippen LogP contribution in [0.3, 0.4) is 0 Å². The number of rotatable bonds is 12. The fraction of sp³-hybridized carbons (Fsp3) is 0.824. The van der Waals surface area contributed by atoms with Gasteiger partial charge in [-0.3, -0.25) is 0 Å². The molecule has 3 aliphatic carbocycles. The van der Waals surface area contributed by atoms with Gasteiger partial charge < -0.3 is 0 Å². The number of hydrogen-bond acceptors (Lipinski definition) is 0. The summed E-state index contributed by atoms with van der Waals surface area (Å²) in [6, 6.07) is 3.32. The van der Waals surface area contributed by atoms with Crippen LogP contribution in [0.1, 0.15) is 153 Å². The molecule has 3 saturated carbocycles. The first-order valence-electron chi connectivity index (χ1n) is 16.0. The molecule has 0 bridgehead atoms. The molecule has 3 fully saturated rings. The highest BCUT2D eigenvalue weighted by Crippen LogP contribution is 2.49. The Morgan fingerprint density at radius 2 is 1.19 bits per heavy atom. The molecule has 0 heterocycles. The smallest absolute Gasteiger partial charge is 0.129 e. The summed E-state index contributed by atoms with van der Waals surface area (Å²) in [5.74, 6) is 4.30. The zero-order valence-corrected chi connectivity index (χ0v) is 23.5. The highest BCUT2D eigenvalue weighted by atomic mass is 19.1. The lowest BCUT2D eigenvalue weighted by atomic mass is 9.63. The van der Waals surface area contributed by atoms with Crippen molar-refractivity contribution in [2.75, 3.05) is 0 Å². The van der Waals surface area contributed by atoms with Gasteiger partial charge in [-0.05, 0) is 91.7 Å². The van der Waals surface area contributed by atoms with Gasteiger partial charge in [0.25, 0.3) is 0 Å². The zero-order chi connectivity index (χ0) is 25.3. The Labute approximate surface area is 221 Å². The third-order valence-electron chi connectivity index (χ3n) is 10.5. The first-order chi connectivity index (χ1) is 17.6. The maximum atomic E-state index is 14.6. The Bertz CT molecular complexity index is 754. The molecule has 0 saturated heterocycles. The van der Waals surface area contributed by atoms with Crippen LogP contribution in [-0.4, -0.2) is 0 Å². The molecule has 36 heavy (non-hydrogen) atoms. The second-order valence-electron chi connectivity index (χ2n) is 13.1. The molecule has 0 aromatic heterocycles. The Morgan fingerprint density at radius 1 is 0.611 bits per heavy atom. The molecule has 0 N–H and O–H groups in total. The SMILES string of the molecule is CCCCCCCC1CCC(CCC2CCC3CC(c4cc(F)c(CCC)c(F)c4)CCC3C2)CC1. The molecule has 4 rings (SSSR count). The topological polar surface area (TPSA) is 0 Å². The van der Waals surface area contributed by atoms with Gasteiger partial charge in [0, 0.05) is 5.56 Å². The Hall–Kier alpha value is -0.920. The number of hydrogen-bond donors (Lipinski definition) is 0. The van der Waals surface area contributed by atoms with Crippen LogP contribution in [0, 0.1) is 41.2 Å². The van der Waals surface area contributed by atoms with Gasteiger partial charge in [0.15, 0.2) is 0 Å². The van der Waals surface area contributed by atoms with E-state index in [9.17, 15) is 8.78 Å². The molecular formula is C34H54F2. The summed E-state index contributed by atoms with van der Waals surface area (Å²) in [5, 5.41) is 0. The molecule has 0 radical (unpaired) electrons. The minimum Gasteiger partial charge on any atom is -0.207 e. The number of halogens is 2. The molecular weight excluding hydrogens is 446 g/mol. The first kappa shape index (κ1) is 28.1. The van der Waals surface area contributed by atoms with Gasteiger partial charge in [0.1, 0.15) is 11.6 Å². The summed E-state index contributed by atoms with van der Waals surface area (Å²) in [6.45, 7) is 4.28. The van der Waals surface area contributed by atoms with Crippen molar-refractivity contribution in [3.05, 3.63) is 34.9 Å². The van der Waals surface area contributed by atoms with E-state index in [2.05, 4.69) is 6.92 Å². The number of benzene rings is 1. The normalized spacial score (nSPS) is 30.8. The number of fused-ring (bicyclic) bond motifs is 1. The van der Waals surface area contributed by atoms with Crippen LogP contribution < -0.4 is 0 Å². The molecule has 4 atom stereocenters. The van der Waals surface area contributed by atoms with Crippen LogP contribution in [0.5, 0.6) is 0 Å². The van der Waals surface area contributed by atoms with Crippen molar-refractivity contribution in [1.82, 2.24) is 0 Å². The third kappa shape index (κ3) is 7.80. The minimum atomic E-state index is -0.321. The highest BCUT2D eigenvalue weighted by Gasteiger charge is 2.36. The van der Waals surface area contributed by atoms with E-state index >= 15 is 0 Å². The maximum Gasteiger partial charge on any atom is 0.129 e. The molecule has 2 heteroatoms. The van der Waals surface area contributed by atoms with E-state index in [0.29, 0.717) is 12.3 Å². The summed E-state index contributed by atoms with van der Waals surface area (Å²) < 4.78 is 29.1. The van der Waals surface area contributed by atoms with Gasteiger partial charge in [-0.15, -0.1) is 0 Å². The van der Waals surface area contributed by atoms with E-state index in [1.165, 1.54) is 103 Å². The molecule has 0 spiro atoms. The van der Waals surface area contributed by atoms with E-state index in [4.69, 9.17) is 0 Å². The molecule has 0 amide bonds. The molecule has 0 nitrogen and oxygen atoms in total. The first-order valence-corrected chi connectivity index (χ1v) is 16.0. The van der Waals surface area contributed by atoms with Crippen LogP contribution in [-0.2, 0) is 6.42 Å². The largest absolute Gasteiger partial charge is 0.207 e. The van der Waals surface area contributed by atoms with Crippen molar-refractivity contribution >= 4 is 0 Å². The second-order valence-corrected chi connectivity index (χ2v) is 13.1. The summed E-state index contributed by atoms with van der Waals surface area (Å²) in [6.07, 6.45) is 26.5. The quantitative estimate of drug-likeness (QED) is 0.250. The van der Waals surface area contributed by atoms with Crippen molar-refractivity contribution in [3.8, 4) is 0 Å². The van der Waals surface area contributed by atoms with Crippen molar-refractivity contribution in [2.24, 2.45) is 29.6 Å². The van der Waals surface area contributed by atoms with E-state index in [1.807, 2.05) is 6.92 Å². The van der Waals surface area contributed by atoms with Crippen molar-refractivity contribution in [2.45, 2.75) is 148 Å². The predicted octanol–water partition coefficient (Wildman–Crippen LogP) is 11.2. The molecule has 3 aliphatic rings. The van der Waals surface area contributed by atoms with Gasteiger partial charge in [0.05, 0.1) is 0 Å². The lowest BCUT2D eigenvalue weighted by Gasteiger charge is -2.43. The second kappa shape index (κ2) is 14.3. The van der Waals surface area contributed by atoms with Crippen molar-refractivity contribution in [3.63, 3.8) is 0 Å². The van der Waals surface area contributed by atoms with Crippen molar-refractivity contribution in [1.29, 1.82) is 0 Å². The maximum absolute atomic E-state index is 14.6. The minimum absolute atomic E-state index is 0.284. The average Bonchev–Trinajstić information content (AvgIpc) is 2.89. The third-order valence-corrected chi connectivity index (χ3v) is 10.5. The highest BCUT2D eigenvalue weighted by molar-refractivity contribution is 5.29. The molecule has 1 aromatic carbocycles. The van der Waals surface area contributed by atoms with Gasteiger partial charge in [-0.2, -0.15) is 0 Å². The van der Waals surface area contributed by atoms with Gasteiger partial charge in [0.2, 0.25) is 0 Å². The average molecular weight is 501 g/mol. The summed E-state index contributed by atoms with van der Waals surface area (Å²) in [7, 11) is 0. The summed E-state index contributed by atoms with van der Waals surface area (Å²) in [4.78, 5) is 0. The monoisotopic (exact) mass is 500 g/mol. The van der Waals surface area contributed by atoms with Crippen LogP contribution >= 0.6 is 0 Å². The van der Waals surface area contributed by atoms with Crippen LogP contribution in [0.4, 0.5) is 8.78 Å².